The smallest absolute Gasteiger partial charge is 0.269 e. The van der Waals surface area contributed by atoms with Crippen molar-refractivity contribution in [2.45, 2.75) is 5.16 Å². The highest BCUT2D eigenvalue weighted by Gasteiger charge is 2.24. The summed E-state index contributed by atoms with van der Waals surface area (Å²) in [7, 11) is -3.46. The van der Waals surface area contributed by atoms with Crippen LogP contribution in [-0.4, -0.2) is 73.0 Å². The van der Waals surface area contributed by atoms with Gasteiger partial charge in [-0.25, -0.2) is 17.8 Å². The van der Waals surface area contributed by atoms with E-state index in [-0.39, 0.29) is 23.8 Å². The van der Waals surface area contributed by atoms with Crippen LogP contribution in [0, 0.1) is 5.82 Å². The number of nitrogens with zero attached hydrogens (tertiary/aromatic N) is 3. The lowest BCUT2D eigenvalue weighted by Crippen LogP contribution is -2.43. The monoisotopic (exact) mass is 428 g/mol. The Hall–Kier alpha value is -1.95. The maximum Gasteiger partial charge on any atom is 0.269 e. The Morgan fingerprint density at radius 3 is 2.61 bits per heavy atom. The minimum atomic E-state index is -3.46. The van der Waals surface area contributed by atoms with Crippen LogP contribution in [0.3, 0.4) is 0 Å². The number of rotatable bonds is 7. The molecule has 0 atom stereocenters. The van der Waals surface area contributed by atoms with Crippen molar-refractivity contribution >= 4 is 27.7 Å². The summed E-state index contributed by atoms with van der Waals surface area (Å²) in [5.41, 5.74) is 0.842. The van der Waals surface area contributed by atoms with Crippen LogP contribution in [0.1, 0.15) is 10.5 Å². The van der Waals surface area contributed by atoms with Crippen molar-refractivity contribution in [1.29, 1.82) is 0 Å². The molecule has 0 bridgehead atoms. The molecule has 0 spiro atoms. The Balaban J connectivity index is 1.69. The van der Waals surface area contributed by atoms with E-state index in [1.54, 1.807) is 16.7 Å². The van der Waals surface area contributed by atoms with Gasteiger partial charge in [0.2, 0.25) is 10.0 Å². The van der Waals surface area contributed by atoms with Crippen molar-refractivity contribution in [3.63, 3.8) is 0 Å². The molecule has 0 unspecified atom stereocenters. The summed E-state index contributed by atoms with van der Waals surface area (Å²) in [5, 5.41) is 3.20. The largest absolute Gasteiger partial charge is 0.379 e. The summed E-state index contributed by atoms with van der Waals surface area (Å²) >= 11 is 1.34. The first-order valence-electron chi connectivity index (χ1n) is 8.64. The van der Waals surface area contributed by atoms with E-state index in [1.165, 1.54) is 34.4 Å². The molecule has 1 fully saturated rings. The molecule has 0 saturated carbocycles. The quantitative estimate of drug-likeness (QED) is 0.665. The second kappa shape index (κ2) is 9.03. The van der Waals surface area contributed by atoms with Crippen LogP contribution in [0.15, 0.2) is 35.6 Å². The lowest BCUT2D eigenvalue weighted by molar-refractivity contribution is 0.0730. The average molecular weight is 429 g/mol. The van der Waals surface area contributed by atoms with Crippen molar-refractivity contribution in [3.8, 4) is 5.69 Å². The van der Waals surface area contributed by atoms with Gasteiger partial charge in [-0.05, 0) is 30.5 Å². The van der Waals surface area contributed by atoms with Crippen molar-refractivity contribution < 1.29 is 22.3 Å². The third-order valence-corrected chi connectivity index (χ3v) is 6.76. The zero-order valence-electron chi connectivity index (χ0n) is 15.3. The molecule has 0 radical (unpaired) electrons. The molecular weight excluding hydrogens is 407 g/mol. The average Bonchev–Trinajstić information content (AvgIpc) is 3.13. The molecule has 28 heavy (non-hydrogen) atoms. The number of imidazole rings is 1. The summed E-state index contributed by atoms with van der Waals surface area (Å²) in [6.45, 7) is 1.37. The lowest BCUT2D eigenvalue weighted by Gasteiger charge is -2.26. The van der Waals surface area contributed by atoms with Crippen molar-refractivity contribution in [3.05, 3.63) is 42.0 Å². The molecular formula is C17H21FN4O4S2. The lowest BCUT2D eigenvalue weighted by atomic mass is 10.3. The summed E-state index contributed by atoms with van der Waals surface area (Å²) in [6.07, 6.45) is 3.24. The topological polar surface area (TPSA) is 93.5 Å². The second-order valence-electron chi connectivity index (χ2n) is 6.03. The molecule has 2 heterocycles. The Bertz CT molecular complexity index is 925. The number of benzene rings is 1. The highest BCUT2D eigenvalue weighted by molar-refractivity contribution is 7.98. The molecule has 1 aromatic heterocycles. The molecule has 1 N–H and O–H groups in total. The fourth-order valence-electron chi connectivity index (χ4n) is 2.82. The van der Waals surface area contributed by atoms with Crippen LogP contribution in [0.4, 0.5) is 4.39 Å². The Morgan fingerprint density at radius 1 is 1.29 bits per heavy atom. The Kier molecular flexibility index (Phi) is 6.70. The zero-order chi connectivity index (χ0) is 20.1. The molecule has 1 aliphatic heterocycles. The van der Waals surface area contributed by atoms with E-state index in [4.69, 9.17) is 4.74 Å². The van der Waals surface area contributed by atoms with Gasteiger partial charge in [-0.3, -0.25) is 9.36 Å². The molecule has 8 nitrogen and oxygen atoms in total. The SMILES string of the molecule is CSc1ncc(C(=O)NCCS(=O)(=O)N2CCOCC2)n1-c1ccc(F)cc1. The van der Waals surface area contributed by atoms with E-state index in [2.05, 4.69) is 10.3 Å². The number of carbonyl (C=O) groups excluding carboxylic acids is 1. The molecule has 3 rings (SSSR count). The van der Waals surface area contributed by atoms with E-state index in [9.17, 15) is 17.6 Å². The normalized spacial score (nSPS) is 15.5. The number of aromatic nitrogens is 2. The third-order valence-electron chi connectivity index (χ3n) is 4.24. The maximum atomic E-state index is 13.2. The van der Waals surface area contributed by atoms with Gasteiger partial charge in [0, 0.05) is 25.3 Å². The molecule has 0 aliphatic carbocycles. The van der Waals surface area contributed by atoms with Crippen LogP contribution in [-0.2, 0) is 14.8 Å². The molecule has 2 aromatic rings. The van der Waals surface area contributed by atoms with Crippen molar-refractivity contribution in [2.75, 3.05) is 44.9 Å². The van der Waals surface area contributed by atoms with Gasteiger partial charge < -0.3 is 10.1 Å². The molecule has 152 valence electrons. The van der Waals surface area contributed by atoms with Crippen LogP contribution in [0.2, 0.25) is 0 Å². The molecule has 1 aromatic carbocycles. The van der Waals surface area contributed by atoms with Crippen molar-refractivity contribution in [1.82, 2.24) is 19.2 Å². The Morgan fingerprint density at radius 2 is 1.96 bits per heavy atom. The standard InChI is InChI=1S/C17H21FN4O4S2/c1-27-17-20-12-15(22(17)14-4-2-13(18)3-5-14)16(23)19-6-11-28(24,25)21-7-9-26-10-8-21/h2-5,12H,6-11H2,1H3,(H,19,23). The molecule has 1 amide bonds. The number of sulfonamides is 1. The van der Waals surface area contributed by atoms with Gasteiger partial charge in [0.1, 0.15) is 11.5 Å². The highest BCUT2D eigenvalue weighted by Crippen LogP contribution is 2.22. The van der Waals surface area contributed by atoms with Gasteiger partial charge in [0.25, 0.3) is 5.91 Å². The fourth-order valence-corrected chi connectivity index (χ4v) is 4.68. The van der Waals surface area contributed by atoms with E-state index >= 15 is 0 Å². The third kappa shape index (κ3) is 4.72. The van der Waals surface area contributed by atoms with Gasteiger partial charge in [0.15, 0.2) is 5.16 Å². The van der Waals surface area contributed by atoms with Gasteiger partial charge in [0.05, 0.1) is 25.2 Å². The fraction of sp³-hybridized carbons (Fsp3) is 0.412. The minimum Gasteiger partial charge on any atom is -0.379 e. The number of hydrogen-bond donors (Lipinski definition) is 1. The van der Waals surface area contributed by atoms with Crippen LogP contribution < -0.4 is 5.32 Å². The first-order chi connectivity index (χ1) is 13.4. The molecule has 1 aliphatic rings. The summed E-state index contributed by atoms with van der Waals surface area (Å²) in [4.78, 5) is 16.8. The number of morpholine rings is 1. The zero-order valence-corrected chi connectivity index (χ0v) is 16.9. The van der Waals surface area contributed by atoms with Crippen LogP contribution >= 0.6 is 11.8 Å². The van der Waals surface area contributed by atoms with E-state index in [0.717, 1.165) is 0 Å². The van der Waals surface area contributed by atoms with E-state index < -0.39 is 15.9 Å². The van der Waals surface area contributed by atoms with Gasteiger partial charge >= 0.3 is 0 Å². The second-order valence-corrected chi connectivity index (χ2v) is 8.89. The number of amides is 1. The summed E-state index contributed by atoms with van der Waals surface area (Å²) in [6, 6.07) is 5.71. The summed E-state index contributed by atoms with van der Waals surface area (Å²) in [5.74, 6) is -1.03. The van der Waals surface area contributed by atoms with Crippen LogP contribution in [0.5, 0.6) is 0 Å². The maximum absolute atomic E-state index is 13.2. The predicted molar refractivity (Wildman–Crippen MR) is 104 cm³/mol. The molecule has 11 heteroatoms. The number of carbonyl (C=O) groups is 1. The predicted octanol–water partition coefficient (Wildman–Crippen LogP) is 1.13. The first kappa shape index (κ1) is 20.8. The van der Waals surface area contributed by atoms with Gasteiger partial charge in [-0.1, -0.05) is 11.8 Å². The van der Waals surface area contributed by atoms with E-state index in [1.807, 2.05) is 6.26 Å². The minimum absolute atomic E-state index is 0.0261. The number of ether oxygens (including phenoxy) is 1. The number of halogens is 1. The molecule has 1 saturated heterocycles. The highest BCUT2D eigenvalue weighted by atomic mass is 32.2. The van der Waals surface area contributed by atoms with E-state index in [0.29, 0.717) is 37.1 Å². The number of nitrogens with one attached hydrogen (secondary N) is 1. The van der Waals surface area contributed by atoms with Gasteiger partial charge in [-0.2, -0.15) is 4.31 Å². The van der Waals surface area contributed by atoms with Gasteiger partial charge in [-0.15, -0.1) is 0 Å². The number of thioether (sulfide) groups is 1. The Labute approximate surface area is 167 Å². The van der Waals surface area contributed by atoms with Crippen LogP contribution in [0.25, 0.3) is 5.69 Å². The summed E-state index contributed by atoms with van der Waals surface area (Å²) < 4.78 is 46.0. The number of hydrogen-bond acceptors (Lipinski definition) is 6. The first-order valence-corrected chi connectivity index (χ1v) is 11.5. The van der Waals surface area contributed by atoms with Crippen molar-refractivity contribution in [2.24, 2.45) is 0 Å².